The first kappa shape index (κ1) is 13.5. The third-order valence-corrected chi connectivity index (χ3v) is 2.79. The summed E-state index contributed by atoms with van der Waals surface area (Å²) in [6.07, 6.45) is 0. The molecule has 1 rings (SSSR count). The predicted octanol–water partition coefficient (Wildman–Crippen LogP) is 1.95. The fourth-order valence-electron chi connectivity index (χ4n) is 1.68. The van der Waals surface area contributed by atoms with Crippen LogP contribution in [0.15, 0.2) is 18.2 Å². The van der Waals surface area contributed by atoms with Gasteiger partial charge in [0.1, 0.15) is 5.75 Å². The van der Waals surface area contributed by atoms with Gasteiger partial charge in [-0.05, 0) is 29.2 Å². The van der Waals surface area contributed by atoms with Crippen LogP contribution >= 0.6 is 0 Å². The number of methoxy groups -OCH3 is 1. The van der Waals surface area contributed by atoms with Gasteiger partial charge < -0.3 is 15.6 Å². The van der Waals surface area contributed by atoms with Gasteiger partial charge in [-0.2, -0.15) is 0 Å². The first-order valence-corrected chi connectivity index (χ1v) is 5.61. The fourth-order valence-corrected chi connectivity index (χ4v) is 1.68. The normalized spacial score (nSPS) is 12.5. The van der Waals surface area contributed by atoms with Crippen LogP contribution in [0, 0.1) is 0 Å². The highest BCUT2D eigenvalue weighted by atomic mass is 16.5. The van der Waals surface area contributed by atoms with Crippen LogP contribution in [0.1, 0.15) is 36.8 Å². The molecule has 0 fully saturated rings. The van der Waals surface area contributed by atoms with Crippen molar-refractivity contribution in [3.63, 3.8) is 0 Å². The molecule has 0 heterocycles. The first-order valence-electron chi connectivity index (χ1n) is 5.61. The van der Waals surface area contributed by atoms with Crippen LogP contribution in [0.4, 0.5) is 0 Å². The molecular weight excluding hydrogens is 218 g/mol. The van der Waals surface area contributed by atoms with E-state index in [2.05, 4.69) is 13.8 Å². The van der Waals surface area contributed by atoms with Crippen molar-refractivity contribution in [2.24, 2.45) is 5.73 Å². The molecule has 0 radical (unpaired) electrons. The Morgan fingerprint density at radius 3 is 2.35 bits per heavy atom. The second-order valence-electron chi connectivity index (χ2n) is 4.32. The maximum absolute atomic E-state index is 11.1. The Bertz CT molecular complexity index is 402. The summed E-state index contributed by atoms with van der Waals surface area (Å²) in [5, 5.41) is 9.10. The summed E-state index contributed by atoms with van der Waals surface area (Å²) >= 11 is 0. The van der Waals surface area contributed by atoms with Crippen LogP contribution in [-0.2, 0) is 4.79 Å². The minimum absolute atomic E-state index is 0.0834. The summed E-state index contributed by atoms with van der Waals surface area (Å²) in [6.45, 7) is 4.19. The molecule has 0 amide bonds. The molecule has 1 unspecified atom stereocenters. The number of hydrogen-bond acceptors (Lipinski definition) is 3. The SMILES string of the molecule is COc1cc(C(C)C)cc(C(CN)C(=O)O)c1. The fraction of sp³-hybridized carbons (Fsp3) is 0.462. The lowest BCUT2D eigenvalue weighted by Crippen LogP contribution is -2.21. The van der Waals surface area contributed by atoms with Gasteiger partial charge in [0.2, 0.25) is 0 Å². The average Bonchev–Trinajstić information content (AvgIpc) is 2.28. The molecule has 0 saturated heterocycles. The van der Waals surface area contributed by atoms with Crippen LogP contribution in [0.2, 0.25) is 0 Å². The molecule has 3 N–H and O–H groups in total. The lowest BCUT2D eigenvalue weighted by Gasteiger charge is -2.15. The number of aliphatic carboxylic acids is 1. The molecule has 1 atom stereocenters. The Balaban J connectivity index is 3.22. The molecule has 4 nitrogen and oxygen atoms in total. The molecule has 17 heavy (non-hydrogen) atoms. The molecule has 0 aliphatic heterocycles. The van der Waals surface area contributed by atoms with E-state index in [0.29, 0.717) is 17.2 Å². The number of hydrogen-bond donors (Lipinski definition) is 2. The van der Waals surface area contributed by atoms with E-state index in [9.17, 15) is 4.79 Å². The maximum Gasteiger partial charge on any atom is 0.312 e. The summed E-state index contributed by atoms with van der Waals surface area (Å²) in [4.78, 5) is 11.1. The highest BCUT2D eigenvalue weighted by Crippen LogP contribution is 2.27. The molecule has 1 aromatic rings. The van der Waals surface area contributed by atoms with E-state index in [1.54, 1.807) is 13.2 Å². The van der Waals surface area contributed by atoms with Gasteiger partial charge >= 0.3 is 5.97 Å². The zero-order valence-corrected chi connectivity index (χ0v) is 10.4. The van der Waals surface area contributed by atoms with Crippen molar-refractivity contribution < 1.29 is 14.6 Å². The van der Waals surface area contributed by atoms with Gasteiger partial charge in [0.15, 0.2) is 0 Å². The van der Waals surface area contributed by atoms with Gasteiger partial charge in [-0.15, -0.1) is 0 Å². The van der Waals surface area contributed by atoms with Gasteiger partial charge in [0, 0.05) is 6.54 Å². The Morgan fingerprint density at radius 1 is 1.35 bits per heavy atom. The third kappa shape index (κ3) is 3.20. The van der Waals surface area contributed by atoms with Gasteiger partial charge in [0.25, 0.3) is 0 Å². The lowest BCUT2D eigenvalue weighted by atomic mass is 9.93. The van der Waals surface area contributed by atoms with Crippen molar-refractivity contribution in [1.82, 2.24) is 0 Å². The molecule has 0 aliphatic rings. The average molecular weight is 237 g/mol. The van der Waals surface area contributed by atoms with E-state index < -0.39 is 11.9 Å². The summed E-state index contributed by atoms with van der Waals surface area (Å²) in [7, 11) is 1.57. The number of benzene rings is 1. The highest BCUT2D eigenvalue weighted by molar-refractivity contribution is 5.76. The number of ether oxygens (including phenoxy) is 1. The monoisotopic (exact) mass is 237 g/mol. The Labute approximate surface area is 101 Å². The van der Waals surface area contributed by atoms with E-state index in [1.807, 2.05) is 12.1 Å². The number of nitrogens with two attached hydrogens (primary N) is 1. The number of rotatable bonds is 5. The molecule has 0 spiro atoms. The van der Waals surface area contributed by atoms with Crippen molar-refractivity contribution >= 4 is 5.97 Å². The first-order chi connectivity index (χ1) is 7.99. The van der Waals surface area contributed by atoms with Gasteiger partial charge in [0.05, 0.1) is 13.0 Å². The topological polar surface area (TPSA) is 72.5 Å². The van der Waals surface area contributed by atoms with E-state index in [1.165, 1.54) is 0 Å². The molecule has 0 bridgehead atoms. The molecule has 0 saturated carbocycles. The summed E-state index contributed by atoms with van der Waals surface area (Å²) in [5.74, 6) is -0.597. The van der Waals surface area contributed by atoms with Gasteiger partial charge in [-0.25, -0.2) is 0 Å². The van der Waals surface area contributed by atoms with Crippen LogP contribution in [0.5, 0.6) is 5.75 Å². The van der Waals surface area contributed by atoms with Crippen LogP contribution in [0.3, 0.4) is 0 Å². The third-order valence-electron chi connectivity index (χ3n) is 2.79. The van der Waals surface area contributed by atoms with Crippen molar-refractivity contribution in [2.75, 3.05) is 13.7 Å². The zero-order chi connectivity index (χ0) is 13.0. The van der Waals surface area contributed by atoms with Crippen molar-refractivity contribution in [3.05, 3.63) is 29.3 Å². The predicted molar refractivity (Wildman–Crippen MR) is 66.5 cm³/mol. The number of carboxylic acids is 1. The second-order valence-corrected chi connectivity index (χ2v) is 4.32. The molecule has 4 heteroatoms. The number of carboxylic acid groups (broad SMARTS) is 1. The smallest absolute Gasteiger partial charge is 0.312 e. The Morgan fingerprint density at radius 2 is 1.94 bits per heavy atom. The summed E-state index contributed by atoms with van der Waals surface area (Å²) in [5.41, 5.74) is 7.25. The Hall–Kier alpha value is -1.55. The van der Waals surface area contributed by atoms with Gasteiger partial charge in [-0.3, -0.25) is 4.79 Å². The van der Waals surface area contributed by atoms with Crippen molar-refractivity contribution in [2.45, 2.75) is 25.7 Å². The van der Waals surface area contributed by atoms with Crippen molar-refractivity contribution in [1.29, 1.82) is 0 Å². The molecule has 1 aromatic carbocycles. The zero-order valence-electron chi connectivity index (χ0n) is 10.4. The van der Waals surface area contributed by atoms with Crippen LogP contribution in [-0.4, -0.2) is 24.7 Å². The standard InChI is InChI=1S/C13H19NO3/c1-8(2)9-4-10(6-11(5-9)17-3)12(7-14)13(15)16/h4-6,8,12H,7,14H2,1-3H3,(H,15,16). The van der Waals surface area contributed by atoms with Crippen LogP contribution in [0.25, 0.3) is 0 Å². The summed E-state index contributed by atoms with van der Waals surface area (Å²) in [6, 6.07) is 5.54. The van der Waals surface area contributed by atoms with E-state index in [0.717, 1.165) is 5.56 Å². The van der Waals surface area contributed by atoms with Crippen LogP contribution < -0.4 is 10.5 Å². The van der Waals surface area contributed by atoms with E-state index >= 15 is 0 Å². The summed E-state index contributed by atoms with van der Waals surface area (Å²) < 4.78 is 5.19. The second kappa shape index (κ2) is 5.68. The lowest BCUT2D eigenvalue weighted by molar-refractivity contribution is -0.138. The quantitative estimate of drug-likeness (QED) is 0.821. The maximum atomic E-state index is 11.1. The largest absolute Gasteiger partial charge is 0.497 e. The van der Waals surface area contributed by atoms with E-state index in [-0.39, 0.29) is 6.54 Å². The minimum Gasteiger partial charge on any atom is -0.497 e. The molecule has 0 aromatic heterocycles. The Kier molecular flexibility index (Phi) is 4.52. The molecule has 94 valence electrons. The van der Waals surface area contributed by atoms with Crippen molar-refractivity contribution in [3.8, 4) is 5.75 Å². The minimum atomic E-state index is -0.907. The van der Waals surface area contributed by atoms with E-state index in [4.69, 9.17) is 15.6 Å². The highest BCUT2D eigenvalue weighted by Gasteiger charge is 2.19. The van der Waals surface area contributed by atoms with Gasteiger partial charge in [-0.1, -0.05) is 19.9 Å². The molecular formula is C13H19NO3. The number of carbonyl (C=O) groups is 1. The molecule has 0 aliphatic carbocycles.